The summed E-state index contributed by atoms with van der Waals surface area (Å²) in [5, 5.41) is 2.73. The van der Waals surface area contributed by atoms with Crippen LogP contribution in [0.15, 0.2) is 54.7 Å². The summed E-state index contributed by atoms with van der Waals surface area (Å²) < 4.78 is 5.45. The van der Waals surface area contributed by atoms with E-state index in [1.807, 2.05) is 18.2 Å². The molecule has 1 atom stereocenters. The third kappa shape index (κ3) is 5.02. The highest BCUT2D eigenvalue weighted by molar-refractivity contribution is 5.93. The van der Waals surface area contributed by atoms with E-state index in [2.05, 4.69) is 10.3 Å². The first-order valence-corrected chi connectivity index (χ1v) is 10.2. The number of pyridine rings is 1. The van der Waals surface area contributed by atoms with Gasteiger partial charge in [-0.2, -0.15) is 0 Å². The number of hydrogen-bond donors (Lipinski definition) is 2. The molecule has 2 heterocycles. The third-order valence-electron chi connectivity index (χ3n) is 5.51. The molecule has 0 spiro atoms. The lowest BCUT2D eigenvalue weighted by Crippen LogP contribution is -2.62. The number of aromatic nitrogens is 1. The minimum absolute atomic E-state index is 0.123. The van der Waals surface area contributed by atoms with Gasteiger partial charge in [-0.15, -0.1) is 0 Å². The maximum absolute atomic E-state index is 13.3. The Morgan fingerprint density at radius 1 is 1.16 bits per heavy atom. The van der Waals surface area contributed by atoms with Crippen LogP contribution in [0, 0.1) is 0 Å². The lowest BCUT2D eigenvalue weighted by molar-refractivity contribution is -0.144. The topological polar surface area (TPSA) is 115 Å². The molecule has 1 aliphatic rings. The number of nitrogens with zero attached hydrogens (tertiary/aromatic N) is 2. The molecule has 1 aromatic carbocycles. The first-order valence-electron chi connectivity index (χ1n) is 10.2. The predicted molar refractivity (Wildman–Crippen MR) is 115 cm³/mol. The molecule has 31 heavy (non-hydrogen) atoms. The zero-order valence-electron chi connectivity index (χ0n) is 17.8. The van der Waals surface area contributed by atoms with Crippen molar-refractivity contribution in [2.24, 2.45) is 5.73 Å². The Morgan fingerprint density at radius 2 is 1.87 bits per heavy atom. The fourth-order valence-corrected chi connectivity index (χ4v) is 3.91. The summed E-state index contributed by atoms with van der Waals surface area (Å²) in [6.45, 7) is 3.66. The Hall–Kier alpha value is -3.42. The van der Waals surface area contributed by atoms with Crippen LogP contribution in [0.3, 0.4) is 0 Å². The monoisotopic (exact) mass is 424 g/mol. The molecule has 1 saturated heterocycles. The zero-order chi connectivity index (χ0) is 22.5. The Balaban J connectivity index is 1.68. The second kappa shape index (κ2) is 9.16. The van der Waals surface area contributed by atoms with Crippen molar-refractivity contribution in [1.82, 2.24) is 15.2 Å². The second-order valence-corrected chi connectivity index (χ2v) is 8.27. The first-order chi connectivity index (χ1) is 14.7. The Morgan fingerprint density at radius 3 is 2.52 bits per heavy atom. The molecule has 0 radical (unpaired) electrons. The van der Waals surface area contributed by atoms with Crippen molar-refractivity contribution in [3.63, 3.8) is 0 Å². The van der Waals surface area contributed by atoms with Crippen molar-refractivity contribution in [2.45, 2.75) is 37.6 Å². The number of para-hydroxylation sites is 1. The third-order valence-corrected chi connectivity index (χ3v) is 5.51. The largest absolute Gasteiger partial charge is 0.484 e. The van der Waals surface area contributed by atoms with Crippen LogP contribution >= 0.6 is 0 Å². The van der Waals surface area contributed by atoms with E-state index in [9.17, 15) is 14.4 Å². The van der Waals surface area contributed by atoms with Crippen LogP contribution in [0.5, 0.6) is 5.75 Å². The second-order valence-electron chi connectivity index (χ2n) is 8.27. The number of piperidine rings is 1. The zero-order valence-corrected chi connectivity index (χ0v) is 17.8. The molecule has 2 aromatic rings. The molecular weight excluding hydrogens is 396 g/mol. The van der Waals surface area contributed by atoms with Gasteiger partial charge >= 0.3 is 0 Å². The van der Waals surface area contributed by atoms with E-state index >= 15 is 0 Å². The minimum atomic E-state index is -1.18. The van der Waals surface area contributed by atoms with Crippen LogP contribution in [0.2, 0.25) is 0 Å². The van der Waals surface area contributed by atoms with E-state index in [-0.39, 0.29) is 19.1 Å². The van der Waals surface area contributed by atoms with Gasteiger partial charge in [0.15, 0.2) is 6.61 Å². The van der Waals surface area contributed by atoms with Gasteiger partial charge in [-0.25, -0.2) is 0 Å². The molecule has 0 unspecified atom stereocenters. The van der Waals surface area contributed by atoms with Gasteiger partial charge in [0.05, 0.1) is 5.69 Å². The summed E-state index contributed by atoms with van der Waals surface area (Å²) in [4.78, 5) is 44.0. The van der Waals surface area contributed by atoms with E-state index in [1.54, 1.807) is 55.3 Å². The Bertz CT molecular complexity index is 933. The lowest BCUT2D eigenvalue weighted by Gasteiger charge is -2.43. The number of carbonyl (C=O) groups excluding carboxylic acids is 3. The van der Waals surface area contributed by atoms with Gasteiger partial charge in [0.1, 0.15) is 16.7 Å². The maximum atomic E-state index is 13.3. The highest BCUT2D eigenvalue weighted by atomic mass is 16.5. The van der Waals surface area contributed by atoms with E-state index in [1.165, 1.54) is 0 Å². The number of nitrogens with one attached hydrogen (secondary N) is 1. The van der Waals surface area contributed by atoms with Gasteiger partial charge in [0.25, 0.3) is 5.91 Å². The number of benzene rings is 1. The molecular formula is C23H28N4O4. The van der Waals surface area contributed by atoms with Gasteiger partial charge in [-0.05, 0) is 51.0 Å². The first kappa shape index (κ1) is 22.3. The molecule has 1 aliphatic heterocycles. The van der Waals surface area contributed by atoms with Gasteiger partial charge in [0.2, 0.25) is 11.8 Å². The van der Waals surface area contributed by atoms with Gasteiger partial charge in [-0.3, -0.25) is 19.4 Å². The highest BCUT2D eigenvalue weighted by Crippen LogP contribution is 2.33. The average Bonchev–Trinajstić information content (AvgIpc) is 2.78. The Kier molecular flexibility index (Phi) is 6.58. The van der Waals surface area contributed by atoms with E-state index in [4.69, 9.17) is 10.5 Å². The number of carbonyl (C=O) groups is 3. The fraction of sp³-hybridized carbons (Fsp3) is 0.391. The number of nitrogens with two attached hydrogens (primary N) is 1. The van der Waals surface area contributed by atoms with Crippen molar-refractivity contribution in [1.29, 1.82) is 0 Å². The molecule has 1 fully saturated rings. The normalized spacial score (nSPS) is 18.8. The molecule has 3 amide bonds. The van der Waals surface area contributed by atoms with Crippen LogP contribution in [0.25, 0.3) is 0 Å². The predicted octanol–water partition coefficient (Wildman–Crippen LogP) is 1.40. The average molecular weight is 425 g/mol. The summed E-state index contributed by atoms with van der Waals surface area (Å²) in [6.07, 6.45) is 2.73. The minimum Gasteiger partial charge on any atom is -0.484 e. The van der Waals surface area contributed by atoms with Crippen molar-refractivity contribution < 1.29 is 19.1 Å². The van der Waals surface area contributed by atoms with Gasteiger partial charge < -0.3 is 20.7 Å². The quantitative estimate of drug-likeness (QED) is 0.697. The number of likely N-dealkylation sites (tertiary alicyclic amines) is 1. The molecule has 3 N–H and O–H groups in total. The fourth-order valence-electron chi connectivity index (χ4n) is 3.91. The molecule has 8 nitrogen and oxygen atoms in total. The number of amides is 3. The molecule has 8 heteroatoms. The smallest absolute Gasteiger partial charge is 0.258 e. The van der Waals surface area contributed by atoms with E-state index in [0.29, 0.717) is 30.8 Å². The Labute approximate surface area is 181 Å². The summed E-state index contributed by atoms with van der Waals surface area (Å²) >= 11 is 0. The van der Waals surface area contributed by atoms with Gasteiger partial charge in [-0.1, -0.05) is 24.3 Å². The number of primary amides is 1. The highest BCUT2D eigenvalue weighted by Gasteiger charge is 2.47. The molecule has 0 saturated carbocycles. The van der Waals surface area contributed by atoms with Crippen LogP contribution < -0.4 is 15.8 Å². The van der Waals surface area contributed by atoms with Crippen LogP contribution in [-0.4, -0.2) is 52.8 Å². The number of hydrogen-bond acceptors (Lipinski definition) is 5. The molecule has 164 valence electrons. The van der Waals surface area contributed by atoms with Crippen molar-refractivity contribution in [2.75, 3.05) is 19.7 Å². The molecule has 1 aromatic heterocycles. The molecule has 0 bridgehead atoms. The molecule has 3 rings (SSSR count). The molecule has 0 aliphatic carbocycles. The summed E-state index contributed by atoms with van der Waals surface area (Å²) in [7, 11) is 0. The summed E-state index contributed by atoms with van der Waals surface area (Å²) in [6, 6.07) is 14.3. The van der Waals surface area contributed by atoms with Crippen molar-refractivity contribution in [3.8, 4) is 5.75 Å². The van der Waals surface area contributed by atoms with Crippen LogP contribution in [0.1, 0.15) is 32.4 Å². The van der Waals surface area contributed by atoms with Gasteiger partial charge in [0, 0.05) is 19.3 Å². The number of rotatable bonds is 7. The van der Waals surface area contributed by atoms with Crippen LogP contribution in [-0.2, 0) is 19.8 Å². The van der Waals surface area contributed by atoms with Crippen molar-refractivity contribution in [3.05, 3.63) is 60.4 Å². The summed E-state index contributed by atoms with van der Waals surface area (Å²) in [5.74, 6) is -0.645. The van der Waals surface area contributed by atoms with Crippen LogP contribution in [0.4, 0.5) is 0 Å². The van der Waals surface area contributed by atoms with E-state index in [0.717, 1.165) is 0 Å². The lowest BCUT2D eigenvalue weighted by atomic mass is 9.75. The van der Waals surface area contributed by atoms with E-state index < -0.39 is 22.8 Å². The maximum Gasteiger partial charge on any atom is 0.258 e. The summed E-state index contributed by atoms with van der Waals surface area (Å²) in [5.41, 5.74) is 4.10. The van der Waals surface area contributed by atoms with Crippen molar-refractivity contribution >= 4 is 17.7 Å². The SMILES string of the molecule is CC(C)(NC(=O)COc1ccccc1)C(=O)N1CCC[C@@](C(N)=O)(c2ccccn2)C1. The standard InChI is InChI=1S/C23H28N4O4/c1-22(2,26-19(28)15-31-17-9-4-3-5-10-17)21(30)27-14-8-12-23(16-27,20(24)29)18-11-6-7-13-25-18/h3-7,9-11,13H,8,12,14-16H2,1-2H3,(H2,24,29)(H,26,28)/t23-/m0/s1. The number of ether oxygens (including phenoxy) is 1.